The summed E-state index contributed by atoms with van der Waals surface area (Å²) in [5.74, 6) is 6.82. The number of phenols is 1. The second-order valence-electron chi connectivity index (χ2n) is 18.1. The van der Waals surface area contributed by atoms with Crippen molar-refractivity contribution < 1.29 is 14.6 Å². The summed E-state index contributed by atoms with van der Waals surface area (Å²) in [5, 5.41) is 10.5. The van der Waals surface area contributed by atoms with Crippen molar-refractivity contribution in [1.82, 2.24) is 0 Å². The van der Waals surface area contributed by atoms with Crippen molar-refractivity contribution in [2.45, 2.75) is 157 Å². The zero-order valence-corrected chi connectivity index (χ0v) is 30.1. The first-order chi connectivity index (χ1) is 20.7. The third-order valence-corrected chi connectivity index (χ3v) is 13.8. The summed E-state index contributed by atoms with van der Waals surface area (Å²) in [6, 6.07) is 4.16. The number of aromatic hydroxyl groups is 1. The average molecular weight is 609 g/mol. The summed E-state index contributed by atoms with van der Waals surface area (Å²) in [4.78, 5) is 0. The van der Waals surface area contributed by atoms with Gasteiger partial charge in [-0.05, 0) is 145 Å². The maximum atomic E-state index is 10.5. The molecule has 44 heavy (non-hydrogen) atoms. The molecular formula is C41H68O3. The van der Waals surface area contributed by atoms with Crippen LogP contribution in [0.3, 0.4) is 0 Å². The molecule has 3 heteroatoms. The average Bonchev–Trinajstić information content (AvgIpc) is 3.31. The van der Waals surface area contributed by atoms with E-state index >= 15 is 0 Å². The van der Waals surface area contributed by atoms with Gasteiger partial charge < -0.3 is 14.6 Å². The van der Waals surface area contributed by atoms with Gasteiger partial charge in [-0.3, -0.25) is 0 Å². The molecule has 4 saturated carbocycles. The van der Waals surface area contributed by atoms with Gasteiger partial charge >= 0.3 is 0 Å². The third kappa shape index (κ3) is 6.95. The fourth-order valence-electron chi connectivity index (χ4n) is 11.4. The fourth-order valence-corrected chi connectivity index (χ4v) is 11.4. The molecule has 1 N–H and O–H groups in total. The van der Waals surface area contributed by atoms with Crippen LogP contribution in [0.1, 0.15) is 149 Å². The Labute approximate surface area is 271 Å². The van der Waals surface area contributed by atoms with E-state index in [2.05, 4.69) is 67.5 Å². The van der Waals surface area contributed by atoms with Crippen LogP contribution in [0.2, 0.25) is 0 Å². The Bertz CT molecular complexity index is 1100. The number of hydrogen-bond donors (Lipinski definition) is 1. The molecule has 3 nitrogen and oxygen atoms in total. The van der Waals surface area contributed by atoms with E-state index in [-0.39, 0.29) is 5.41 Å². The largest absolute Gasteiger partial charge is 0.507 e. The molecule has 5 rings (SSSR count). The molecule has 0 heterocycles. The van der Waals surface area contributed by atoms with Crippen molar-refractivity contribution in [3.63, 3.8) is 0 Å². The Kier molecular flexibility index (Phi) is 10.6. The standard InChI is InChI=1S/C41H68O3/c1-27(2)11-10-12-28(3)34-15-16-35-33-14-13-31-25-32(17-19-40(31,8)36(33)18-20-41(34,35)9)44-22-21-43-26-30-23-29(4)38(42)37(24-30)39(5,6)7/h23-24,27-28,31-36,42H,10-22,25-26H2,1-9H3/t28-,31?,32+,33?,34-,35?,36?,40+,41-/m1/s1. The number of benzene rings is 1. The van der Waals surface area contributed by atoms with Crippen molar-refractivity contribution >= 4 is 0 Å². The molecule has 1 aromatic carbocycles. The first-order valence-electron chi connectivity index (χ1n) is 18.8. The Hall–Kier alpha value is -1.06. The molecule has 0 saturated heterocycles. The van der Waals surface area contributed by atoms with E-state index in [4.69, 9.17) is 9.47 Å². The van der Waals surface area contributed by atoms with Gasteiger partial charge in [0, 0.05) is 0 Å². The lowest BCUT2D eigenvalue weighted by Crippen LogP contribution is -2.54. The summed E-state index contributed by atoms with van der Waals surface area (Å²) in [5.41, 5.74) is 4.07. The highest BCUT2D eigenvalue weighted by Gasteiger charge is 2.60. The first kappa shape index (κ1) is 34.3. The van der Waals surface area contributed by atoms with Gasteiger partial charge in [-0.25, -0.2) is 0 Å². The topological polar surface area (TPSA) is 38.7 Å². The third-order valence-electron chi connectivity index (χ3n) is 13.8. The molecule has 0 amide bonds. The van der Waals surface area contributed by atoms with Gasteiger partial charge in [0.1, 0.15) is 5.75 Å². The van der Waals surface area contributed by atoms with Crippen LogP contribution in [-0.2, 0) is 21.5 Å². The maximum Gasteiger partial charge on any atom is 0.122 e. The quantitative estimate of drug-likeness (QED) is 0.254. The number of aryl methyl sites for hydroxylation is 1. The van der Waals surface area contributed by atoms with Gasteiger partial charge in [-0.2, -0.15) is 0 Å². The molecule has 0 aliphatic heterocycles. The number of fused-ring (bicyclic) bond motifs is 5. The van der Waals surface area contributed by atoms with Crippen molar-refractivity contribution in [2.75, 3.05) is 13.2 Å². The van der Waals surface area contributed by atoms with Crippen molar-refractivity contribution in [1.29, 1.82) is 0 Å². The van der Waals surface area contributed by atoms with E-state index < -0.39 is 0 Å². The van der Waals surface area contributed by atoms with Crippen molar-refractivity contribution in [2.24, 2.45) is 52.3 Å². The second kappa shape index (κ2) is 13.6. The van der Waals surface area contributed by atoms with E-state index in [0.717, 1.165) is 58.1 Å². The number of ether oxygens (including phenoxy) is 2. The van der Waals surface area contributed by atoms with Crippen LogP contribution in [0.25, 0.3) is 0 Å². The normalized spacial score (nSPS) is 36.1. The smallest absolute Gasteiger partial charge is 0.122 e. The van der Waals surface area contributed by atoms with E-state index in [9.17, 15) is 5.11 Å². The summed E-state index contributed by atoms with van der Waals surface area (Å²) in [7, 11) is 0. The zero-order valence-electron chi connectivity index (χ0n) is 30.1. The van der Waals surface area contributed by atoms with Crippen LogP contribution in [-0.4, -0.2) is 24.4 Å². The minimum Gasteiger partial charge on any atom is -0.507 e. The summed E-state index contributed by atoms with van der Waals surface area (Å²) < 4.78 is 12.6. The van der Waals surface area contributed by atoms with Crippen molar-refractivity contribution in [3.05, 3.63) is 28.8 Å². The molecule has 4 aliphatic carbocycles. The second-order valence-corrected chi connectivity index (χ2v) is 18.1. The predicted octanol–water partition coefficient (Wildman–Crippen LogP) is 11.0. The van der Waals surface area contributed by atoms with Crippen LogP contribution in [0.5, 0.6) is 5.75 Å². The Morgan fingerprint density at radius 1 is 0.886 bits per heavy atom. The van der Waals surface area contributed by atoms with Crippen LogP contribution < -0.4 is 0 Å². The van der Waals surface area contributed by atoms with E-state index in [1.807, 2.05) is 6.92 Å². The first-order valence-corrected chi connectivity index (χ1v) is 18.8. The molecule has 1 aromatic rings. The van der Waals surface area contributed by atoms with Gasteiger partial charge in [0.25, 0.3) is 0 Å². The lowest BCUT2D eigenvalue weighted by Gasteiger charge is -2.61. The Morgan fingerprint density at radius 2 is 1.61 bits per heavy atom. The Balaban J connectivity index is 1.10. The lowest BCUT2D eigenvalue weighted by atomic mass is 9.44. The number of rotatable bonds is 11. The van der Waals surface area contributed by atoms with Crippen LogP contribution >= 0.6 is 0 Å². The maximum absolute atomic E-state index is 10.5. The SMILES string of the molecule is Cc1cc(COCCO[C@H]2CC[C@@]3(C)C(CCC4C3CC[C@@]3(C)C4CC[C@@H]3[C@H](C)CCCC(C)C)C2)cc(C(C)(C)C)c1O. The molecule has 0 spiro atoms. The van der Waals surface area contributed by atoms with E-state index in [1.54, 1.807) is 0 Å². The minimum atomic E-state index is -0.0924. The minimum absolute atomic E-state index is 0.0924. The highest BCUT2D eigenvalue weighted by atomic mass is 16.5. The monoisotopic (exact) mass is 609 g/mol. The number of phenolic OH excluding ortho intramolecular Hbond substituents is 1. The van der Waals surface area contributed by atoms with Gasteiger partial charge in [-0.15, -0.1) is 0 Å². The predicted molar refractivity (Wildman–Crippen MR) is 184 cm³/mol. The van der Waals surface area contributed by atoms with Crippen LogP contribution in [0.4, 0.5) is 0 Å². The lowest BCUT2D eigenvalue weighted by molar-refractivity contribution is -0.139. The van der Waals surface area contributed by atoms with Gasteiger partial charge in [-0.1, -0.05) is 80.7 Å². The molecule has 4 fully saturated rings. The zero-order chi connectivity index (χ0) is 31.9. The van der Waals surface area contributed by atoms with Gasteiger partial charge in [0.15, 0.2) is 0 Å². The van der Waals surface area contributed by atoms with Gasteiger partial charge in [0.05, 0.1) is 25.9 Å². The van der Waals surface area contributed by atoms with Gasteiger partial charge in [0.2, 0.25) is 0 Å². The molecule has 250 valence electrons. The molecule has 0 radical (unpaired) electrons. The van der Waals surface area contributed by atoms with Crippen LogP contribution in [0.15, 0.2) is 12.1 Å². The molecule has 9 atom stereocenters. The van der Waals surface area contributed by atoms with E-state index in [1.165, 1.54) is 77.0 Å². The Morgan fingerprint density at radius 3 is 2.34 bits per heavy atom. The molecular weight excluding hydrogens is 540 g/mol. The van der Waals surface area contributed by atoms with Crippen molar-refractivity contribution in [3.8, 4) is 5.75 Å². The molecule has 4 unspecified atom stereocenters. The van der Waals surface area contributed by atoms with Crippen LogP contribution in [0, 0.1) is 59.2 Å². The molecule has 4 aliphatic rings. The highest BCUT2D eigenvalue weighted by molar-refractivity contribution is 5.46. The highest BCUT2D eigenvalue weighted by Crippen LogP contribution is 2.68. The number of hydrogen-bond acceptors (Lipinski definition) is 3. The summed E-state index contributed by atoms with van der Waals surface area (Å²) in [6.45, 7) is 23.1. The molecule has 0 bridgehead atoms. The summed E-state index contributed by atoms with van der Waals surface area (Å²) >= 11 is 0. The fraction of sp³-hybridized carbons (Fsp3) is 0.854. The summed E-state index contributed by atoms with van der Waals surface area (Å²) in [6.07, 6.45) is 17.3. The molecule has 0 aromatic heterocycles. The van der Waals surface area contributed by atoms with E-state index in [0.29, 0.717) is 42.5 Å².